The van der Waals surface area contributed by atoms with Crippen LogP contribution < -0.4 is 9.47 Å². The Labute approximate surface area is 192 Å². The molecule has 2 atom stereocenters. The summed E-state index contributed by atoms with van der Waals surface area (Å²) < 4.78 is 12.0. The number of carbonyl (C=O) groups is 2. The number of carboxylic acid groups (broad SMARTS) is 1. The molecule has 1 aromatic carbocycles. The third-order valence-corrected chi connectivity index (χ3v) is 6.75. The summed E-state index contributed by atoms with van der Waals surface area (Å²) in [6, 6.07) is 3.88. The summed E-state index contributed by atoms with van der Waals surface area (Å²) in [5.74, 6) is -1.12. The van der Waals surface area contributed by atoms with Gasteiger partial charge in [-0.15, -0.1) is 0 Å². The van der Waals surface area contributed by atoms with Gasteiger partial charge in [-0.25, -0.2) is 0 Å². The lowest BCUT2D eigenvalue weighted by Gasteiger charge is -2.45. The first-order chi connectivity index (χ1) is 14.9. The van der Waals surface area contributed by atoms with E-state index < -0.39 is 23.5 Å². The monoisotopic (exact) mass is 448 g/mol. The van der Waals surface area contributed by atoms with Crippen LogP contribution in [-0.2, 0) is 15.0 Å². The third-order valence-electron chi connectivity index (χ3n) is 6.75. The number of rotatable bonds is 11. The molecule has 2 N–H and O–H groups in total. The van der Waals surface area contributed by atoms with Gasteiger partial charge in [0.2, 0.25) is 0 Å². The molecule has 0 radical (unpaired) electrons. The number of carboxylic acids is 1. The molecule has 2 rings (SSSR count). The molecule has 180 valence electrons. The fraction of sp³-hybridized carbons (Fsp3) is 0.692. The maximum atomic E-state index is 11.9. The second-order valence-corrected chi connectivity index (χ2v) is 10.2. The van der Waals surface area contributed by atoms with Crippen molar-refractivity contribution in [1.29, 1.82) is 0 Å². The van der Waals surface area contributed by atoms with E-state index in [0.717, 1.165) is 18.4 Å². The summed E-state index contributed by atoms with van der Waals surface area (Å²) in [6.07, 6.45) is 5.92. The minimum Gasteiger partial charge on any atom is -0.487 e. The predicted octanol–water partition coefficient (Wildman–Crippen LogP) is 5.59. The average molecular weight is 449 g/mol. The fourth-order valence-corrected chi connectivity index (χ4v) is 4.98. The molecule has 0 amide bonds. The van der Waals surface area contributed by atoms with Gasteiger partial charge in [0, 0.05) is 30.9 Å². The smallest absolute Gasteiger partial charge is 0.308 e. The van der Waals surface area contributed by atoms with Crippen LogP contribution in [-0.4, -0.2) is 34.4 Å². The summed E-state index contributed by atoms with van der Waals surface area (Å²) in [7, 11) is 0. The maximum absolute atomic E-state index is 11.9. The fourth-order valence-electron chi connectivity index (χ4n) is 4.98. The minimum absolute atomic E-state index is 0.0747. The first-order valence-corrected chi connectivity index (χ1v) is 11.8. The molecule has 0 saturated carbocycles. The number of aliphatic carboxylic acids is 1. The van der Waals surface area contributed by atoms with Gasteiger partial charge in [-0.2, -0.15) is 0 Å². The van der Waals surface area contributed by atoms with Crippen LogP contribution in [0.3, 0.4) is 0 Å². The lowest BCUT2D eigenvalue weighted by molar-refractivity contribution is -0.138. The van der Waals surface area contributed by atoms with Gasteiger partial charge in [-0.3, -0.25) is 9.59 Å². The molecule has 1 aliphatic heterocycles. The summed E-state index contributed by atoms with van der Waals surface area (Å²) in [5, 5.41) is 19.3. The highest BCUT2D eigenvalue weighted by Crippen LogP contribution is 2.53. The quantitative estimate of drug-likeness (QED) is 0.260. The van der Waals surface area contributed by atoms with Crippen LogP contribution in [0.2, 0.25) is 0 Å². The molecule has 0 aromatic heterocycles. The summed E-state index contributed by atoms with van der Waals surface area (Å²) in [6.45, 7) is 11.7. The van der Waals surface area contributed by atoms with Gasteiger partial charge in [0.05, 0.1) is 6.42 Å². The predicted molar refractivity (Wildman–Crippen MR) is 124 cm³/mol. The zero-order valence-electron chi connectivity index (χ0n) is 20.5. The van der Waals surface area contributed by atoms with E-state index in [1.54, 1.807) is 0 Å². The van der Waals surface area contributed by atoms with Crippen LogP contribution in [0.4, 0.5) is 0 Å². The number of benzene rings is 1. The van der Waals surface area contributed by atoms with Crippen molar-refractivity contribution in [3.8, 4) is 11.5 Å². The number of esters is 1. The van der Waals surface area contributed by atoms with E-state index >= 15 is 0 Å². The van der Waals surface area contributed by atoms with Crippen molar-refractivity contribution in [2.45, 2.75) is 103 Å². The normalized spacial score (nSPS) is 19.7. The molecule has 0 aliphatic carbocycles. The molecule has 0 unspecified atom stereocenters. The van der Waals surface area contributed by atoms with Crippen molar-refractivity contribution < 1.29 is 29.3 Å². The van der Waals surface area contributed by atoms with Gasteiger partial charge in [-0.1, -0.05) is 46.5 Å². The van der Waals surface area contributed by atoms with Crippen molar-refractivity contribution in [3.63, 3.8) is 0 Å². The molecule has 1 aliphatic rings. The van der Waals surface area contributed by atoms with E-state index in [1.165, 1.54) is 26.2 Å². The van der Waals surface area contributed by atoms with Crippen LogP contribution in [0.1, 0.15) is 104 Å². The van der Waals surface area contributed by atoms with Crippen LogP contribution >= 0.6 is 0 Å². The Kier molecular flexibility index (Phi) is 8.74. The molecule has 1 aromatic rings. The molecule has 32 heavy (non-hydrogen) atoms. The number of carbonyl (C=O) groups excluding carboxylic acids is 1. The van der Waals surface area contributed by atoms with Gasteiger partial charge < -0.3 is 19.7 Å². The Morgan fingerprint density at radius 2 is 1.88 bits per heavy atom. The lowest BCUT2D eigenvalue weighted by atomic mass is 9.70. The zero-order chi connectivity index (χ0) is 24.1. The zero-order valence-corrected chi connectivity index (χ0v) is 20.5. The molecule has 0 bridgehead atoms. The molecule has 6 nitrogen and oxygen atoms in total. The Morgan fingerprint density at radius 3 is 2.44 bits per heavy atom. The lowest BCUT2D eigenvalue weighted by Crippen LogP contribution is -2.45. The van der Waals surface area contributed by atoms with Gasteiger partial charge in [0.1, 0.15) is 17.1 Å². The highest BCUT2D eigenvalue weighted by molar-refractivity contribution is 5.73. The van der Waals surface area contributed by atoms with E-state index in [4.69, 9.17) is 9.47 Å². The molecular formula is C26H40O6. The summed E-state index contributed by atoms with van der Waals surface area (Å²) in [5.41, 5.74) is 0.795. The van der Waals surface area contributed by atoms with Crippen LogP contribution in [0.25, 0.3) is 0 Å². The largest absolute Gasteiger partial charge is 0.487 e. The van der Waals surface area contributed by atoms with Crippen LogP contribution in [0.5, 0.6) is 11.5 Å². The maximum Gasteiger partial charge on any atom is 0.308 e. The van der Waals surface area contributed by atoms with Gasteiger partial charge >= 0.3 is 11.9 Å². The number of ether oxygens (including phenoxy) is 2. The van der Waals surface area contributed by atoms with E-state index in [0.29, 0.717) is 23.5 Å². The standard InChI is InChI=1S/C26H40O6/c1-7-8-9-10-12-25(3,4)18-14-21(31-17(2)28)24-19(16-23(29)30)20(11-13-27)26(5,6)32-22(24)15-18/h14-15,19-20,27H,7-13,16H2,1-6H3,(H,29,30)/t19-,20-/m1/s1. The van der Waals surface area contributed by atoms with E-state index in [-0.39, 0.29) is 24.4 Å². The van der Waals surface area contributed by atoms with Gasteiger partial charge in [-0.05, 0) is 49.8 Å². The Balaban J connectivity index is 2.60. The molecular weight excluding hydrogens is 408 g/mol. The van der Waals surface area contributed by atoms with Crippen molar-refractivity contribution in [1.82, 2.24) is 0 Å². The van der Waals surface area contributed by atoms with Crippen molar-refractivity contribution in [3.05, 3.63) is 23.3 Å². The number of aliphatic hydroxyl groups excluding tert-OH is 1. The second kappa shape index (κ2) is 10.7. The second-order valence-electron chi connectivity index (χ2n) is 10.2. The molecule has 6 heteroatoms. The van der Waals surface area contributed by atoms with Crippen LogP contribution in [0, 0.1) is 5.92 Å². The Bertz CT molecular complexity index is 811. The third kappa shape index (κ3) is 6.25. The summed E-state index contributed by atoms with van der Waals surface area (Å²) >= 11 is 0. The first kappa shape index (κ1) is 26.2. The van der Waals surface area contributed by atoms with E-state index in [9.17, 15) is 19.8 Å². The number of hydrogen-bond acceptors (Lipinski definition) is 5. The van der Waals surface area contributed by atoms with Crippen LogP contribution in [0.15, 0.2) is 12.1 Å². The van der Waals surface area contributed by atoms with Gasteiger partial charge in [0.15, 0.2) is 0 Å². The van der Waals surface area contributed by atoms with Crippen molar-refractivity contribution in [2.24, 2.45) is 5.92 Å². The minimum atomic E-state index is -0.935. The van der Waals surface area contributed by atoms with Crippen molar-refractivity contribution >= 4 is 11.9 Å². The summed E-state index contributed by atoms with van der Waals surface area (Å²) in [4.78, 5) is 23.7. The Morgan fingerprint density at radius 1 is 1.19 bits per heavy atom. The average Bonchev–Trinajstić information content (AvgIpc) is 2.66. The highest BCUT2D eigenvalue weighted by Gasteiger charge is 2.46. The molecule has 0 saturated heterocycles. The van der Waals surface area contributed by atoms with E-state index in [2.05, 4.69) is 20.8 Å². The van der Waals surface area contributed by atoms with Gasteiger partial charge in [0.25, 0.3) is 0 Å². The topological polar surface area (TPSA) is 93.1 Å². The number of hydrogen-bond donors (Lipinski definition) is 2. The number of aliphatic hydroxyl groups is 1. The number of fused-ring (bicyclic) bond motifs is 1. The SMILES string of the molecule is CCCCCCC(C)(C)c1cc(OC(C)=O)c2c(c1)OC(C)(C)[C@H](CCO)[C@H]2CC(=O)O. The molecule has 1 heterocycles. The Hall–Kier alpha value is -2.08. The first-order valence-electron chi connectivity index (χ1n) is 11.8. The van der Waals surface area contributed by atoms with Crippen molar-refractivity contribution in [2.75, 3.05) is 6.61 Å². The molecule has 0 fully saturated rings. The number of unbranched alkanes of at least 4 members (excludes halogenated alkanes) is 3. The highest BCUT2D eigenvalue weighted by atomic mass is 16.5. The van der Waals surface area contributed by atoms with E-state index in [1.807, 2.05) is 26.0 Å². The molecule has 0 spiro atoms.